The van der Waals surface area contributed by atoms with Crippen molar-refractivity contribution in [3.63, 3.8) is 0 Å². The van der Waals surface area contributed by atoms with Crippen molar-refractivity contribution in [1.82, 2.24) is 0 Å². The van der Waals surface area contributed by atoms with Crippen molar-refractivity contribution in [2.24, 2.45) is 0 Å². The van der Waals surface area contributed by atoms with Gasteiger partial charge in [0.25, 0.3) is 0 Å². The molecule has 0 amide bonds. The summed E-state index contributed by atoms with van der Waals surface area (Å²) >= 11 is 0. The zero-order valence-electron chi connectivity index (χ0n) is 4.39. The summed E-state index contributed by atoms with van der Waals surface area (Å²) < 4.78 is 0. The molecule has 1 heteroatoms. The minimum atomic E-state index is -0.294. The maximum Gasteiger partial charge on any atom is 0.180 e. The molecule has 0 N–H and O–H groups in total. The number of allylic oxidation sites excluding steroid dienone is 1. The van der Waals surface area contributed by atoms with Crippen LogP contribution in [0.5, 0.6) is 0 Å². The van der Waals surface area contributed by atoms with Gasteiger partial charge in [-0.2, -0.15) is 0 Å². The van der Waals surface area contributed by atoms with Crippen molar-refractivity contribution in [3.05, 3.63) is 12.7 Å². The Kier molecular flexibility index (Phi) is 3.38. The lowest BCUT2D eigenvalue weighted by molar-refractivity contribution is 2.44. The Morgan fingerprint density at radius 3 is 2.57 bits per heavy atom. The molecule has 0 aromatic carbocycles. The molecule has 1 unspecified atom stereocenters. The molecule has 0 aromatic rings. The predicted octanol–water partition coefficient (Wildman–Crippen LogP) is 1.68. The van der Waals surface area contributed by atoms with E-state index in [0.29, 0.717) is 0 Å². The van der Waals surface area contributed by atoms with Gasteiger partial charge in [0.1, 0.15) is 18.1 Å². The zero-order valence-corrected chi connectivity index (χ0v) is 5.28. The summed E-state index contributed by atoms with van der Waals surface area (Å²) in [4.78, 5) is 0. The second-order valence-corrected chi connectivity index (χ2v) is 2.90. The standard InChI is InChI=1S/C6H8P/c1-4-6-7(3)5-2/h2,4,6H,1H2,3H3/q+1. The maximum atomic E-state index is 5.06. The quantitative estimate of drug-likeness (QED) is 0.356. The van der Waals surface area contributed by atoms with Crippen molar-refractivity contribution < 1.29 is 0 Å². The van der Waals surface area contributed by atoms with Crippen LogP contribution in [0.25, 0.3) is 0 Å². The van der Waals surface area contributed by atoms with Gasteiger partial charge in [0.2, 0.25) is 0 Å². The van der Waals surface area contributed by atoms with Crippen LogP contribution in [0.15, 0.2) is 12.7 Å². The first-order valence-electron chi connectivity index (χ1n) is 1.96. The summed E-state index contributed by atoms with van der Waals surface area (Å²) in [5.41, 5.74) is 2.60. The Morgan fingerprint density at radius 1 is 1.86 bits per heavy atom. The summed E-state index contributed by atoms with van der Waals surface area (Å²) in [6, 6.07) is 0. The molecule has 0 aromatic heterocycles. The van der Waals surface area contributed by atoms with E-state index in [9.17, 15) is 0 Å². The van der Waals surface area contributed by atoms with Gasteiger partial charge in [-0.3, -0.25) is 0 Å². The summed E-state index contributed by atoms with van der Waals surface area (Å²) in [6.45, 7) is 5.52. The molecule has 0 spiro atoms. The average molecular weight is 111 g/mol. The molecule has 0 aliphatic heterocycles. The highest BCUT2D eigenvalue weighted by molar-refractivity contribution is 7.61. The van der Waals surface area contributed by atoms with Gasteiger partial charge in [0.15, 0.2) is 7.55 Å². The molecule has 0 bridgehead atoms. The number of hydrogen-bond donors (Lipinski definition) is 0. The summed E-state index contributed by atoms with van der Waals surface area (Å²) in [6.07, 6.45) is 6.80. The summed E-state index contributed by atoms with van der Waals surface area (Å²) in [5.74, 6) is 1.94. The molecule has 0 radical (unpaired) electrons. The van der Waals surface area contributed by atoms with Crippen LogP contribution >= 0.6 is 7.55 Å². The van der Waals surface area contributed by atoms with E-state index in [1.165, 1.54) is 0 Å². The normalized spacial score (nSPS) is 10.0. The number of rotatable bonds is 1. The van der Waals surface area contributed by atoms with Crippen LogP contribution < -0.4 is 0 Å². The van der Waals surface area contributed by atoms with Gasteiger partial charge in [-0.15, -0.1) is 0 Å². The third-order valence-electron chi connectivity index (χ3n) is 0.533. The SMILES string of the molecule is C#C[P+](C)=CC=C. The minimum absolute atomic E-state index is 0.294. The van der Waals surface area contributed by atoms with E-state index in [-0.39, 0.29) is 7.55 Å². The van der Waals surface area contributed by atoms with Crippen LogP contribution in [0.4, 0.5) is 0 Å². The highest BCUT2D eigenvalue weighted by Gasteiger charge is 1.85. The molecular weight excluding hydrogens is 103 g/mol. The summed E-state index contributed by atoms with van der Waals surface area (Å²) in [7, 11) is -0.294. The smallest absolute Gasteiger partial charge is 0.0953 e. The first kappa shape index (κ1) is 6.47. The first-order valence-corrected chi connectivity index (χ1v) is 3.82. The van der Waals surface area contributed by atoms with Crippen LogP contribution in [0.3, 0.4) is 0 Å². The van der Waals surface area contributed by atoms with E-state index >= 15 is 0 Å². The fourth-order valence-electron chi connectivity index (χ4n) is 0.201. The zero-order chi connectivity index (χ0) is 5.70. The fourth-order valence-corrected chi connectivity index (χ4v) is 0.603. The average Bonchev–Trinajstić information content (AvgIpc) is 1.68. The Hall–Kier alpha value is -0.530. The van der Waals surface area contributed by atoms with Crippen LogP contribution in [0.1, 0.15) is 0 Å². The maximum absolute atomic E-state index is 5.06. The largest absolute Gasteiger partial charge is 0.180 e. The van der Waals surface area contributed by atoms with Crippen LogP contribution in [-0.4, -0.2) is 12.5 Å². The second-order valence-electron chi connectivity index (χ2n) is 1.12. The molecule has 1 atom stereocenters. The second kappa shape index (κ2) is 3.65. The Labute approximate surface area is 45.6 Å². The van der Waals surface area contributed by atoms with Gasteiger partial charge in [-0.25, -0.2) is 0 Å². The molecule has 0 heterocycles. The molecule has 0 rings (SSSR count). The van der Waals surface area contributed by atoms with Crippen LogP contribution in [-0.2, 0) is 0 Å². The lowest BCUT2D eigenvalue weighted by Crippen LogP contribution is -1.54. The monoisotopic (exact) mass is 111 g/mol. The van der Waals surface area contributed by atoms with Gasteiger partial charge in [-0.1, -0.05) is 13.0 Å². The van der Waals surface area contributed by atoms with E-state index < -0.39 is 0 Å². The molecule has 0 aliphatic rings. The molecule has 7 heavy (non-hydrogen) atoms. The molecule has 36 valence electrons. The van der Waals surface area contributed by atoms with Gasteiger partial charge in [-0.05, 0) is 6.08 Å². The van der Waals surface area contributed by atoms with Crippen LogP contribution in [0, 0.1) is 12.1 Å². The van der Waals surface area contributed by atoms with E-state index in [0.717, 1.165) is 0 Å². The molecular formula is C6H8P+. The van der Waals surface area contributed by atoms with Crippen molar-refractivity contribution in [1.29, 1.82) is 0 Å². The van der Waals surface area contributed by atoms with E-state index in [1.54, 1.807) is 6.08 Å². The van der Waals surface area contributed by atoms with E-state index in [1.807, 2.05) is 12.5 Å². The highest BCUT2D eigenvalue weighted by Crippen LogP contribution is 2.10. The van der Waals surface area contributed by atoms with Crippen molar-refractivity contribution >= 4 is 13.3 Å². The fraction of sp³-hybridized carbons (Fsp3) is 0.167. The van der Waals surface area contributed by atoms with Crippen molar-refractivity contribution in [2.45, 2.75) is 0 Å². The van der Waals surface area contributed by atoms with Crippen molar-refractivity contribution in [2.75, 3.05) is 6.66 Å². The Bertz CT molecular complexity index is 126. The Balaban J connectivity index is 3.80. The topological polar surface area (TPSA) is 0 Å². The van der Waals surface area contributed by atoms with Gasteiger partial charge >= 0.3 is 0 Å². The van der Waals surface area contributed by atoms with Gasteiger partial charge in [0.05, 0.1) is 0 Å². The first-order chi connectivity index (χ1) is 3.31. The third-order valence-corrected chi connectivity index (χ3v) is 1.60. The number of terminal acetylenes is 1. The molecule has 0 nitrogen and oxygen atoms in total. The Morgan fingerprint density at radius 2 is 2.43 bits per heavy atom. The highest BCUT2D eigenvalue weighted by atomic mass is 31.1. The lowest BCUT2D eigenvalue weighted by Gasteiger charge is -1.60. The molecule has 0 aliphatic carbocycles. The number of hydrogen-bond acceptors (Lipinski definition) is 0. The van der Waals surface area contributed by atoms with E-state index in [4.69, 9.17) is 6.42 Å². The van der Waals surface area contributed by atoms with Crippen molar-refractivity contribution in [3.8, 4) is 12.1 Å². The van der Waals surface area contributed by atoms with Gasteiger partial charge < -0.3 is 0 Å². The summed E-state index contributed by atoms with van der Waals surface area (Å²) in [5, 5.41) is 0. The molecule has 0 saturated heterocycles. The van der Waals surface area contributed by atoms with E-state index in [2.05, 4.69) is 12.2 Å². The van der Waals surface area contributed by atoms with Gasteiger partial charge in [0, 0.05) is 0 Å². The molecule has 0 fully saturated rings. The minimum Gasteiger partial charge on any atom is -0.0953 e. The lowest BCUT2D eigenvalue weighted by atomic mass is 10.8. The third kappa shape index (κ3) is 3.30. The predicted molar refractivity (Wildman–Crippen MR) is 37.9 cm³/mol. The van der Waals surface area contributed by atoms with Crippen LogP contribution in [0.2, 0.25) is 0 Å². The molecule has 0 saturated carbocycles.